The van der Waals surface area contributed by atoms with Gasteiger partial charge in [0.15, 0.2) is 0 Å². The van der Waals surface area contributed by atoms with Gasteiger partial charge in [-0.15, -0.1) is 0 Å². The van der Waals surface area contributed by atoms with Crippen LogP contribution in [0.5, 0.6) is 0 Å². The van der Waals surface area contributed by atoms with Crippen molar-refractivity contribution in [2.75, 3.05) is 35.6 Å². The summed E-state index contributed by atoms with van der Waals surface area (Å²) in [6.45, 7) is 4.11. The van der Waals surface area contributed by atoms with E-state index in [1.54, 1.807) is 24.3 Å². The molecule has 4 rings (SSSR count). The van der Waals surface area contributed by atoms with Gasteiger partial charge in [-0.3, -0.25) is 0 Å². The molecular formula is C23H26N3O3PS. The molecule has 3 aromatic carbocycles. The van der Waals surface area contributed by atoms with E-state index in [1.165, 1.54) is 0 Å². The van der Waals surface area contributed by atoms with Crippen molar-refractivity contribution in [1.29, 1.82) is 0 Å². The first kappa shape index (κ1) is 21.8. The lowest BCUT2D eigenvalue weighted by atomic mass is 10.2. The van der Waals surface area contributed by atoms with Crippen molar-refractivity contribution < 1.29 is 12.9 Å². The van der Waals surface area contributed by atoms with Gasteiger partial charge in [0.2, 0.25) is 18.5 Å². The molecule has 31 heavy (non-hydrogen) atoms. The van der Waals surface area contributed by atoms with E-state index in [-0.39, 0.29) is 18.0 Å². The van der Waals surface area contributed by atoms with Crippen LogP contribution in [0.3, 0.4) is 0 Å². The van der Waals surface area contributed by atoms with E-state index in [9.17, 15) is 8.42 Å². The van der Waals surface area contributed by atoms with E-state index in [1.807, 2.05) is 43.3 Å². The van der Waals surface area contributed by atoms with Crippen LogP contribution in [0.2, 0.25) is 0 Å². The lowest BCUT2D eigenvalue weighted by molar-refractivity contribution is 0.356. The maximum atomic E-state index is 12.5. The Hall–Kier alpha value is -2.44. The van der Waals surface area contributed by atoms with E-state index >= 15 is 0 Å². The summed E-state index contributed by atoms with van der Waals surface area (Å²) in [6.07, 6.45) is 0. The van der Waals surface area contributed by atoms with Crippen molar-refractivity contribution in [3.8, 4) is 0 Å². The van der Waals surface area contributed by atoms with Crippen molar-refractivity contribution in [3.63, 3.8) is 0 Å². The molecule has 1 N–H and O–H groups in total. The first-order valence-corrected chi connectivity index (χ1v) is 12.8. The highest BCUT2D eigenvalue weighted by atomic mass is 32.2. The Morgan fingerprint density at radius 2 is 1.35 bits per heavy atom. The highest BCUT2D eigenvalue weighted by Crippen LogP contribution is 2.53. The highest BCUT2D eigenvalue weighted by molar-refractivity contribution is 7.89. The molecule has 1 saturated heterocycles. The molecule has 0 aliphatic carbocycles. The fraction of sp³-hybridized carbons (Fsp3) is 0.217. The zero-order valence-electron chi connectivity index (χ0n) is 17.4. The summed E-state index contributed by atoms with van der Waals surface area (Å²) in [7, 11) is -4.65. The molecule has 6 nitrogen and oxygen atoms in total. The molecule has 1 heterocycles. The summed E-state index contributed by atoms with van der Waals surface area (Å²) in [4.78, 5) is 0.265. The third kappa shape index (κ3) is 5.25. The normalized spacial score (nSPS) is 14.9. The van der Waals surface area contributed by atoms with Crippen LogP contribution in [0.1, 0.15) is 5.56 Å². The molecule has 0 aromatic heterocycles. The summed E-state index contributed by atoms with van der Waals surface area (Å²) in [5.41, 5.74) is 3.23. The molecule has 3 aromatic rings. The molecule has 1 aliphatic heterocycles. The number of benzene rings is 3. The second kappa shape index (κ2) is 9.79. The van der Waals surface area contributed by atoms with Crippen LogP contribution < -0.4 is 14.1 Å². The molecule has 0 amide bonds. The van der Waals surface area contributed by atoms with Gasteiger partial charge in [-0.2, -0.15) is 0 Å². The van der Waals surface area contributed by atoms with Gasteiger partial charge in [0.1, 0.15) is 0 Å². The summed E-state index contributed by atoms with van der Waals surface area (Å²) in [5, 5.41) is 0. The molecule has 1 aliphatic rings. The van der Waals surface area contributed by atoms with E-state index in [0.29, 0.717) is 0 Å². The lowest BCUT2D eigenvalue weighted by Gasteiger charge is -2.30. The van der Waals surface area contributed by atoms with Crippen LogP contribution >= 0.6 is 8.45 Å². The molecule has 0 bridgehead atoms. The second-order valence-corrected chi connectivity index (χ2v) is 10.7. The quantitative estimate of drug-likeness (QED) is 0.399. The number of sulfonamides is 1. The second-order valence-electron chi connectivity index (χ2n) is 7.21. The number of aryl methyl sites for hydroxylation is 1. The minimum Gasteiger partial charge on any atom is -0.321 e. The van der Waals surface area contributed by atoms with Gasteiger partial charge < -0.3 is 13.9 Å². The average molecular weight is 456 g/mol. The Kier molecular flexibility index (Phi) is 6.88. The van der Waals surface area contributed by atoms with Crippen molar-refractivity contribution >= 4 is 29.8 Å². The van der Waals surface area contributed by atoms with Gasteiger partial charge in [0, 0.05) is 31.0 Å². The molecule has 0 radical (unpaired) electrons. The van der Waals surface area contributed by atoms with Crippen LogP contribution in [0.25, 0.3) is 0 Å². The maximum absolute atomic E-state index is 12.5. The van der Waals surface area contributed by atoms with Crippen molar-refractivity contribution in [2.45, 2.75) is 11.8 Å². The Labute approximate surface area is 185 Å². The van der Waals surface area contributed by atoms with E-state index in [4.69, 9.17) is 4.52 Å². The minimum absolute atomic E-state index is 0.209. The van der Waals surface area contributed by atoms with Crippen LogP contribution in [0.4, 0.5) is 11.4 Å². The standard InChI is InChI=1S/C23H26N3O3PS/c1-20-12-14-23(15-13-20)31(27,28)24-16-19-29-30-25(21-8-4-2-5-9-21)17-18-26(30)22-10-6-3-7-11-22/h2-15,24H,16-19H2,1H3. The number of nitrogens with zero attached hydrogens (tertiary/aromatic N) is 2. The summed E-state index contributed by atoms with van der Waals surface area (Å²) in [5.74, 6) is 0. The van der Waals surface area contributed by atoms with Crippen molar-refractivity contribution in [3.05, 3.63) is 90.5 Å². The number of hydrogen-bond donors (Lipinski definition) is 1. The fourth-order valence-corrected chi connectivity index (χ4v) is 6.38. The molecule has 1 fully saturated rings. The molecule has 0 spiro atoms. The molecular weight excluding hydrogens is 429 g/mol. The predicted molar refractivity (Wildman–Crippen MR) is 127 cm³/mol. The van der Waals surface area contributed by atoms with Crippen LogP contribution in [-0.2, 0) is 14.5 Å². The van der Waals surface area contributed by atoms with Crippen LogP contribution in [0, 0.1) is 6.92 Å². The number of nitrogens with one attached hydrogen (secondary N) is 1. The zero-order chi connectivity index (χ0) is 21.7. The van der Waals surface area contributed by atoms with Crippen LogP contribution in [0.15, 0.2) is 89.8 Å². The topological polar surface area (TPSA) is 61.9 Å². The summed E-state index contributed by atoms with van der Waals surface area (Å²) < 4.78 is 38.5. The number of rotatable bonds is 8. The third-order valence-electron chi connectivity index (χ3n) is 4.98. The molecule has 162 valence electrons. The fourth-order valence-electron chi connectivity index (χ4n) is 3.39. The molecule has 0 unspecified atom stereocenters. The van der Waals surface area contributed by atoms with Gasteiger partial charge in [0.05, 0.1) is 11.5 Å². The molecule has 8 heteroatoms. The monoisotopic (exact) mass is 455 g/mol. The SMILES string of the molecule is Cc1ccc(S(=O)(=O)NCCOP2N(c3ccccc3)CCN2c2ccccc2)cc1. The number of hydrogen-bond acceptors (Lipinski definition) is 5. The molecule has 0 saturated carbocycles. The van der Waals surface area contributed by atoms with Gasteiger partial charge in [-0.1, -0.05) is 54.1 Å². The van der Waals surface area contributed by atoms with Crippen molar-refractivity contribution in [2.24, 2.45) is 0 Å². The Bertz CT molecular complexity index is 1030. The first-order chi connectivity index (χ1) is 15.0. The zero-order valence-corrected chi connectivity index (χ0v) is 19.1. The Morgan fingerprint density at radius 3 is 1.87 bits per heavy atom. The highest BCUT2D eigenvalue weighted by Gasteiger charge is 2.34. The largest absolute Gasteiger partial charge is 0.321 e. The average Bonchev–Trinajstić information content (AvgIpc) is 3.22. The number of para-hydroxylation sites is 2. The first-order valence-electron chi connectivity index (χ1n) is 10.2. The minimum atomic E-state index is -3.55. The smallest absolute Gasteiger partial charge is 0.248 e. The van der Waals surface area contributed by atoms with Gasteiger partial charge in [0.25, 0.3) is 0 Å². The van der Waals surface area contributed by atoms with E-state index in [2.05, 4.69) is 38.3 Å². The van der Waals surface area contributed by atoms with Gasteiger partial charge in [-0.05, 0) is 43.3 Å². The lowest BCUT2D eigenvalue weighted by Crippen LogP contribution is -2.28. The summed E-state index contributed by atoms with van der Waals surface area (Å²) >= 11 is 0. The van der Waals surface area contributed by atoms with Crippen molar-refractivity contribution in [1.82, 2.24) is 4.72 Å². The van der Waals surface area contributed by atoms with Gasteiger partial charge >= 0.3 is 0 Å². The molecule has 0 atom stereocenters. The Balaban J connectivity index is 1.43. The van der Waals surface area contributed by atoms with Gasteiger partial charge in [-0.25, -0.2) is 13.1 Å². The predicted octanol–water partition coefficient (Wildman–Crippen LogP) is 4.54. The maximum Gasteiger partial charge on any atom is 0.248 e. The van der Waals surface area contributed by atoms with Crippen LogP contribution in [-0.4, -0.2) is 34.7 Å². The third-order valence-corrected chi connectivity index (χ3v) is 8.56. The Morgan fingerprint density at radius 1 is 0.839 bits per heavy atom. The summed E-state index contributed by atoms with van der Waals surface area (Å²) in [6, 6.07) is 27.2. The van der Waals surface area contributed by atoms with E-state index < -0.39 is 18.5 Å². The van der Waals surface area contributed by atoms with E-state index in [0.717, 1.165) is 30.0 Å². The number of anilines is 2.